The number of carbonyl (C=O) groups is 3. The van der Waals surface area contributed by atoms with E-state index in [1.165, 1.54) is 24.3 Å². The second-order valence-electron chi connectivity index (χ2n) is 8.85. The van der Waals surface area contributed by atoms with Crippen molar-refractivity contribution in [2.45, 2.75) is 63.7 Å². The Morgan fingerprint density at radius 3 is 2.61 bits per heavy atom. The quantitative estimate of drug-likeness (QED) is 0.673. The number of amides is 2. The van der Waals surface area contributed by atoms with Gasteiger partial charge in [-0.1, -0.05) is 37.5 Å². The van der Waals surface area contributed by atoms with Crippen molar-refractivity contribution in [3.8, 4) is 5.75 Å². The van der Waals surface area contributed by atoms with Gasteiger partial charge >= 0.3 is 5.97 Å². The summed E-state index contributed by atoms with van der Waals surface area (Å²) in [4.78, 5) is 40.9. The van der Waals surface area contributed by atoms with Crippen LogP contribution in [0, 0.1) is 0 Å². The number of ether oxygens (including phenoxy) is 2. The number of benzene rings is 1. The summed E-state index contributed by atoms with van der Waals surface area (Å²) in [5.41, 5.74) is -0.142. The van der Waals surface area contributed by atoms with E-state index in [0.29, 0.717) is 5.75 Å². The number of esters is 1. The van der Waals surface area contributed by atoms with Gasteiger partial charge in [0.1, 0.15) is 17.0 Å². The maximum absolute atomic E-state index is 13.6. The molecule has 0 spiro atoms. The van der Waals surface area contributed by atoms with Crippen molar-refractivity contribution < 1.29 is 23.9 Å². The van der Waals surface area contributed by atoms with Crippen LogP contribution < -0.4 is 10.1 Å². The molecule has 1 N–H and O–H groups in total. The number of methoxy groups -OCH3 is 2. The average molecular weight is 455 g/mol. The van der Waals surface area contributed by atoms with Gasteiger partial charge in [-0.05, 0) is 25.8 Å². The first kappa shape index (κ1) is 22.8. The molecule has 9 heteroatoms. The molecule has 1 aromatic carbocycles. The van der Waals surface area contributed by atoms with Crippen molar-refractivity contribution in [1.29, 1.82) is 0 Å². The summed E-state index contributed by atoms with van der Waals surface area (Å²) in [7, 11) is 2.84. The van der Waals surface area contributed by atoms with Crippen LogP contribution in [0.5, 0.6) is 5.75 Å². The first-order chi connectivity index (χ1) is 15.9. The minimum absolute atomic E-state index is 0.0371. The highest BCUT2D eigenvalue weighted by molar-refractivity contribution is 6.01. The van der Waals surface area contributed by atoms with Crippen molar-refractivity contribution in [2.75, 3.05) is 14.2 Å². The van der Waals surface area contributed by atoms with Crippen LogP contribution in [0.3, 0.4) is 0 Å². The molecular formula is C24H30N4O5. The maximum Gasteiger partial charge on any atom is 0.358 e. The number of nitrogens with one attached hydrogen (secondary N) is 1. The molecule has 1 unspecified atom stereocenters. The zero-order valence-electron chi connectivity index (χ0n) is 19.3. The van der Waals surface area contributed by atoms with Crippen LogP contribution in [-0.4, -0.2) is 58.3 Å². The second kappa shape index (κ2) is 9.25. The van der Waals surface area contributed by atoms with Crippen molar-refractivity contribution in [3.05, 3.63) is 47.3 Å². The van der Waals surface area contributed by atoms with E-state index in [1.54, 1.807) is 18.9 Å². The molecule has 1 aromatic heterocycles. The van der Waals surface area contributed by atoms with Crippen LogP contribution in [0.4, 0.5) is 0 Å². The normalized spacial score (nSPS) is 20.8. The fourth-order valence-corrected chi connectivity index (χ4v) is 4.69. The number of para-hydroxylation sites is 1. The van der Waals surface area contributed by atoms with Crippen LogP contribution in [0.15, 0.2) is 30.3 Å². The molecule has 1 aliphatic heterocycles. The standard InChI is InChI=1S/C24H30N4O5/c1-24(23(31)25-17-10-5-4-6-11-17)15-28-19(13-18(26-28)22(30)33-3)21(29)27(24)14-16-9-7-8-12-20(16)32-2/h7-9,12-13,17H,4-6,10-11,14-15H2,1-3H3,(H,25,31). The Labute approximate surface area is 193 Å². The lowest BCUT2D eigenvalue weighted by Crippen LogP contribution is -2.64. The molecule has 0 bridgehead atoms. The lowest BCUT2D eigenvalue weighted by Gasteiger charge is -2.44. The Bertz CT molecular complexity index is 1060. The van der Waals surface area contributed by atoms with Gasteiger partial charge in [-0.15, -0.1) is 0 Å². The zero-order chi connectivity index (χ0) is 23.6. The first-order valence-electron chi connectivity index (χ1n) is 11.3. The summed E-state index contributed by atoms with van der Waals surface area (Å²) in [6.07, 6.45) is 5.20. The molecule has 2 heterocycles. The van der Waals surface area contributed by atoms with E-state index in [1.807, 2.05) is 24.3 Å². The molecule has 2 aromatic rings. The smallest absolute Gasteiger partial charge is 0.358 e. The minimum Gasteiger partial charge on any atom is -0.496 e. The van der Waals surface area contributed by atoms with Gasteiger partial charge in [0.25, 0.3) is 5.91 Å². The van der Waals surface area contributed by atoms with Crippen LogP contribution >= 0.6 is 0 Å². The highest BCUT2D eigenvalue weighted by Gasteiger charge is 2.48. The van der Waals surface area contributed by atoms with Crippen molar-refractivity contribution in [2.24, 2.45) is 0 Å². The van der Waals surface area contributed by atoms with E-state index in [0.717, 1.165) is 31.2 Å². The van der Waals surface area contributed by atoms with E-state index in [-0.39, 0.29) is 42.3 Å². The van der Waals surface area contributed by atoms with Crippen molar-refractivity contribution in [1.82, 2.24) is 20.0 Å². The molecule has 4 rings (SSSR count). The zero-order valence-corrected chi connectivity index (χ0v) is 19.3. The number of fused-ring (bicyclic) bond motifs is 1. The largest absolute Gasteiger partial charge is 0.496 e. The van der Waals surface area contributed by atoms with E-state index in [9.17, 15) is 14.4 Å². The summed E-state index contributed by atoms with van der Waals surface area (Å²) in [5.74, 6) is -0.599. The Morgan fingerprint density at radius 2 is 1.91 bits per heavy atom. The SMILES string of the molecule is COC(=O)c1cc2n(n1)CC(C)(C(=O)NC1CCCCC1)N(Cc1ccccc1OC)C2=O. The van der Waals surface area contributed by atoms with Crippen LogP contribution in [0.2, 0.25) is 0 Å². The summed E-state index contributed by atoms with van der Waals surface area (Å²) in [6, 6.07) is 8.93. The fourth-order valence-electron chi connectivity index (χ4n) is 4.69. The van der Waals surface area contributed by atoms with E-state index >= 15 is 0 Å². The fraction of sp³-hybridized carbons (Fsp3) is 0.500. The van der Waals surface area contributed by atoms with Gasteiger partial charge in [-0.3, -0.25) is 14.3 Å². The molecule has 33 heavy (non-hydrogen) atoms. The van der Waals surface area contributed by atoms with Crippen molar-refractivity contribution >= 4 is 17.8 Å². The Balaban J connectivity index is 1.71. The molecule has 1 saturated carbocycles. The molecule has 2 amide bonds. The number of hydrogen-bond donors (Lipinski definition) is 1. The third-order valence-electron chi connectivity index (χ3n) is 6.64. The Kier molecular flexibility index (Phi) is 6.40. The van der Waals surface area contributed by atoms with Gasteiger partial charge in [0.2, 0.25) is 5.91 Å². The molecule has 0 saturated heterocycles. The Morgan fingerprint density at radius 1 is 1.18 bits per heavy atom. The number of carbonyl (C=O) groups excluding carboxylic acids is 3. The van der Waals surface area contributed by atoms with Crippen LogP contribution in [0.1, 0.15) is 65.6 Å². The second-order valence-corrected chi connectivity index (χ2v) is 8.85. The third-order valence-corrected chi connectivity index (χ3v) is 6.64. The molecule has 9 nitrogen and oxygen atoms in total. The monoisotopic (exact) mass is 454 g/mol. The van der Waals surface area contributed by atoms with E-state index in [4.69, 9.17) is 9.47 Å². The summed E-state index contributed by atoms with van der Waals surface area (Å²) < 4.78 is 11.7. The molecule has 1 atom stereocenters. The van der Waals surface area contributed by atoms with Gasteiger partial charge in [0.05, 0.1) is 27.3 Å². The molecule has 1 aliphatic carbocycles. The highest BCUT2D eigenvalue weighted by Crippen LogP contribution is 2.32. The molecule has 2 aliphatic rings. The van der Waals surface area contributed by atoms with E-state index < -0.39 is 11.5 Å². The molecular weight excluding hydrogens is 424 g/mol. The number of aromatic nitrogens is 2. The lowest BCUT2D eigenvalue weighted by molar-refractivity contribution is -0.134. The summed E-state index contributed by atoms with van der Waals surface area (Å²) in [6.45, 7) is 2.05. The van der Waals surface area contributed by atoms with Gasteiger partial charge < -0.3 is 19.7 Å². The molecule has 1 fully saturated rings. The Hall–Kier alpha value is -3.36. The van der Waals surface area contributed by atoms with Gasteiger partial charge in [0.15, 0.2) is 5.69 Å². The topological polar surface area (TPSA) is 103 Å². The summed E-state index contributed by atoms with van der Waals surface area (Å²) in [5, 5.41) is 7.43. The third kappa shape index (κ3) is 4.31. The predicted molar refractivity (Wildman–Crippen MR) is 120 cm³/mol. The van der Waals surface area contributed by atoms with Crippen LogP contribution in [-0.2, 0) is 22.6 Å². The van der Waals surface area contributed by atoms with Crippen LogP contribution in [0.25, 0.3) is 0 Å². The first-order valence-corrected chi connectivity index (χ1v) is 11.3. The van der Waals surface area contributed by atoms with Gasteiger partial charge in [-0.2, -0.15) is 5.10 Å². The average Bonchev–Trinajstić information content (AvgIpc) is 3.26. The number of nitrogens with zero attached hydrogens (tertiary/aromatic N) is 3. The molecule has 176 valence electrons. The number of rotatable bonds is 6. The predicted octanol–water partition coefficient (Wildman–Crippen LogP) is 2.54. The van der Waals surface area contributed by atoms with Gasteiger partial charge in [0, 0.05) is 17.7 Å². The number of hydrogen-bond acceptors (Lipinski definition) is 6. The maximum atomic E-state index is 13.6. The minimum atomic E-state index is -1.21. The lowest BCUT2D eigenvalue weighted by atomic mass is 9.91. The molecule has 0 radical (unpaired) electrons. The van der Waals surface area contributed by atoms with Crippen molar-refractivity contribution in [3.63, 3.8) is 0 Å². The highest BCUT2D eigenvalue weighted by atomic mass is 16.5. The van der Waals surface area contributed by atoms with E-state index in [2.05, 4.69) is 10.4 Å². The van der Waals surface area contributed by atoms with Gasteiger partial charge in [-0.25, -0.2) is 4.79 Å². The summed E-state index contributed by atoms with van der Waals surface area (Å²) >= 11 is 0.